The second-order valence-corrected chi connectivity index (χ2v) is 25.2. The maximum Gasteiger partial charge on any atom is 0.137 e. The van der Waals surface area contributed by atoms with Crippen molar-refractivity contribution in [3.63, 3.8) is 0 Å². The maximum atomic E-state index is 6.96. The maximum absolute atomic E-state index is 6.96. The standard InChI is InChI=1S/C73H67N7O/c1-70(2,3)47-36-39-75-68(42-47)80-58-29-16-11-24-52(58)53-35-34-51(44-64(53)80)81-50-23-21-22-49(43-50)76-46-77(67-45-74-38-37-63(67)76)69-65(78-59-30-17-12-25-54(59)72(7,8)55-26-13-18-31-60(55)78)40-48(71(4,5)6)41-66(69)79-61-32-19-14-27-56(61)73(9,10)57-28-15-20-33-62(57)79/h11-45H,46H2,1-10H3. The number of ether oxygens (including phenoxy) is 1. The molecule has 8 heteroatoms. The van der Waals surface area contributed by atoms with E-state index in [0.29, 0.717) is 6.67 Å². The van der Waals surface area contributed by atoms with Crippen molar-refractivity contribution in [2.75, 3.05) is 26.3 Å². The first-order valence-electron chi connectivity index (χ1n) is 28.4. The summed E-state index contributed by atoms with van der Waals surface area (Å²) in [7, 11) is 0. The van der Waals surface area contributed by atoms with Crippen LogP contribution in [0.1, 0.15) is 103 Å². The Labute approximate surface area is 476 Å². The summed E-state index contributed by atoms with van der Waals surface area (Å²) in [6, 6.07) is 71.0. The quantitative estimate of drug-likeness (QED) is 0.158. The van der Waals surface area contributed by atoms with E-state index in [0.717, 1.165) is 67.9 Å². The molecule has 0 atom stereocenters. The van der Waals surface area contributed by atoms with Gasteiger partial charge in [0.25, 0.3) is 0 Å². The lowest BCUT2D eigenvalue weighted by molar-refractivity contribution is 0.483. The number of anilines is 10. The van der Waals surface area contributed by atoms with Gasteiger partial charge in [0.1, 0.15) is 24.0 Å². The van der Waals surface area contributed by atoms with E-state index in [4.69, 9.17) is 14.7 Å². The lowest BCUT2D eigenvalue weighted by atomic mass is 9.73. The zero-order valence-corrected chi connectivity index (χ0v) is 48.0. The van der Waals surface area contributed by atoms with E-state index in [1.54, 1.807) is 0 Å². The molecule has 0 fully saturated rings. The molecule has 8 nitrogen and oxygen atoms in total. The highest BCUT2D eigenvalue weighted by Crippen LogP contribution is 2.61. The number of rotatable bonds is 7. The summed E-state index contributed by atoms with van der Waals surface area (Å²) in [5, 5.41) is 2.32. The highest BCUT2D eigenvalue weighted by Gasteiger charge is 2.43. The first kappa shape index (κ1) is 50.1. The molecule has 0 unspecified atom stereocenters. The topological polar surface area (TPSA) is 52.9 Å². The molecular weight excluding hydrogens is 991 g/mol. The Balaban J connectivity index is 0.949. The molecule has 400 valence electrons. The van der Waals surface area contributed by atoms with Crippen LogP contribution in [0.15, 0.2) is 213 Å². The van der Waals surface area contributed by atoms with Crippen molar-refractivity contribution in [2.24, 2.45) is 0 Å². The van der Waals surface area contributed by atoms with Gasteiger partial charge >= 0.3 is 0 Å². The van der Waals surface area contributed by atoms with Crippen LogP contribution in [0.5, 0.6) is 11.5 Å². The van der Waals surface area contributed by atoms with E-state index in [2.05, 4.69) is 288 Å². The molecule has 0 N–H and O–H groups in total. The van der Waals surface area contributed by atoms with Crippen molar-refractivity contribution < 1.29 is 4.74 Å². The molecule has 3 aromatic heterocycles. The largest absolute Gasteiger partial charge is 0.457 e. The number of hydrogen-bond acceptors (Lipinski definition) is 7. The lowest BCUT2D eigenvalue weighted by Gasteiger charge is -2.46. The van der Waals surface area contributed by atoms with Crippen LogP contribution in [-0.4, -0.2) is 21.2 Å². The van der Waals surface area contributed by atoms with Crippen LogP contribution < -0.4 is 24.3 Å². The number of para-hydroxylation sites is 5. The Morgan fingerprint density at radius 1 is 0.420 bits per heavy atom. The van der Waals surface area contributed by atoms with Gasteiger partial charge in [-0.2, -0.15) is 0 Å². The van der Waals surface area contributed by atoms with Gasteiger partial charge in [-0.15, -0.1) is 0 Å². The Bertz CT molecular complexity index is 4100. The predicted molar refractivity (Wildman–Crippen MR) is 336 cm³/mol. The minimum Gasteiger partial charge on any atom is -0.457 e. The van der Waals surface area contributed by atoms with Crippen LogP contribution in [0, 0.1) is 0 Å². The second kappa shape index (κ2) is 18.2. The Hall–Kier alpha value is -9.14. The van der Waals surface area contributed by atoms with E-state index in [-0.39, 0.29) is 21.7 Å². The molecule has 11 aromatic rings. The van der Waals surface area contributed by atoms with E-state index < -0.39 is 0 Å². The van der Waals surface area contributed by atoms with E-state index in [1.807, 2.05) is 18.6 Å². The molecule has 6 heterocycles. The average molecular weight is 1060 g/mol. The van der Waals surface area contributed by atoms with Crippen LogP contribution in [0.2, 0.25) is 0 Å². The van der Waals surface area contributed by atoms with Crippen molar-refractivity contribution in [1.29, 1.82) is 0 Å². The molecule has 3 aliphatic heterocycles. The van der Waals surface area contributed by atoms with Gasteiger partial charge < -0.3 is 24.3 Å². The highest BCUT2D eigenvalue weighted by atomic mass is 16.5. The number of hydrogen-bond donors (Lipinski definition) is 0. The normalized spacial score (nSPS) is 15.1. The van der Waals surface area contributed by atoms with Crippen molar-refractivity contribution in [3.05, 3.63) is 246 Å². The SMILES string of the molecule is CC(C)(C)c1ccnc(-n2c3ccccc3c3ccc(Oc4cccc(N5CN(c6c(N7c8ccccc8C(C)(C)c8ccccc87)cc(C(C)(C)C)cc6N6c7ccccc7C(C)(C)c7ccccc76)c6cnccc65)c4)cc32)c1. The molecule has 8 aromatic carbocycles. The second-order valence-electron chi connectivity index (χ2n) is 25.2. The van der Waals surface area contributed by atoms with Gasteiger partial charge in [-0.1, -0.05) is 166 Å². The lowest BCUT2D eigenvalue weighted by Crippen LogP contribution is -2.34. The summed E-state index contributed by atoms with van der Waals surface area (Å²) in [6.45, 7) is 23.7. The van der Waals surface area contributed by atoms with Crippen LogP contribution in [0.4, 0.5) is 56.9 Å². The van der Waals surface area contributed by atoms with Gasteiger partial charge in [-0.05, 0) is 129 Å². The number of nitrogens with zero attached hydrogens (tertiary/aromatic N) is 7. The van der Waals surface area contributed by atoms with Crippen LogP contribution >= 0.6 is 0 Å². The molecule has 0 bridgehead atoms. The van der Waals surface area contributed by atoms with Crippen LogP contribution in [0.3, 0.4) is 0 Å². The first-order chi connectivity index (χ1) is 39.0. The zero-order valence-electron chi connectivity index (χ0n) is 48.0. The molecular formula is C73H67N7O. The number of fused-ring (bicyclic) bond motifs is 8. The number of pyridine rings is 2. The zero-order chi connectivity index (χ0) is 55.7. The fourth-order valence-corrected chi connectivity index (χ4v) is 13.2. The summed E-state index contributed by atoms with van der Waals surface area (Å²) in [5.74, 6) is 2.36. The predicted octanol–water partition coefficient (Wildman–Crippen LogP) is 19.4. The van der Waals surface area contributed by atoms with Crippen molar-refractivity contribution in [3.8, 4) is 17.3 Å². The summed E-state index contributed by atoms with van der Waals surface area (Å²) in [5.41, 5.74) is 19.9. The highest BCUT2D eigenvalue weighted by molar-refractivity contribution is 6.10. The van der Waals surface area contributed by atoms with Gasteiger partial charge in [0.05, 0.1) is 68.4 Å². The van der Waals surface area contributed by atoms with Crippen LogP contribution in [0.25, 0.3) is 27.6 Å². The number of benzene rings is 8. The molecule has 0 spiro atoms. The Kier molecular flexibility index (Phi) is 11.3. The third-order valence-electron chi connectivity index (χ3n) is 17.5. The third-order valence-corrected chi connectivity index (χ3v) is 17.5. The van der Waals surface area contributed by atoms with E-state index >= 15 is 0 Å². The summed E-state index contributed by atoms with van der Waals surface area (Å²) >= 11 is 0. The molecule has 0 radical (unpaired) electrons. The van der Waals surface area contributed by atoms with E-state index in [9.17, 15) is 0 Å². The molecule has 0 saturated heterocycles. The monoisotopic (exact) mass is 1060 g/mol. The smallest absolute Gasteiger partial charge is 0.137 e. The minimum absolute atomic E-state index is 0.0347. The van der Waals surface area contributed by atoms with Crippen molar-refractivity contribution >= 4 is 78.7 Å². The fraction of sp³-hybridized carbons (Fsp3) is 0.205. The van der Waals surface area contributed by atoms with Crippen molar-refractivity contribution in [2.45, 2.75) is 90.9 Å². The van der Waals surface area contributed by atoms with Crippen LogP contribution in [-0.2, 0) is 21.7 Å². The summed E-state index contributed by atoms with van der Waals surface area (Å²) in [4.78, 5) is 19.9. The van der Waals surface area contributed by atoms with Gasteiger partial charge in [0.2, 0.25) is 0 Å². The fourth-order valence-electron chi connectivity index (χ4n) is 13.2. The Morgan fingerprint density at radius 2 is 0.951 bits per heavy atom. The molecule has 0 aliphatic carbocycles. The summed E-state index contributed by atoms with van der Waals surface area (Å²) in [6.07, 6.45) is 5.89. The molecule has 3 aliphatic rings. The van der Waals surface area contributed by atoms with Gasteiger partial charge in [0, 0.05) is 51.8 Å². The molecule has 0 amide bonds. The first-order valence-corrected chi connectivity index (χ1v) is 28.4. The number of aromatic nitrogens is 3. The third kappa shape index (κ3) is 7.93. The molecule has 0 saturated carbocycles. The Morgan fingerprint density at radius 3 is 1.53 bits per heavy atom. The van der Waals surface area contributed by atoms with Gasteiger partial charge in [-0.25, -0.2) is 4.98 Å². The van der Waals surface area contributed by atoms with Gasteiger partial charge in [0.15, 0.2) is 0 Å². The van der Waals surface area contributed by atoms with Crippen molar-refractivity contribution in [1.82, 2.24) is 14.5 Å². The molecule has 81 heavy (non-hydrogen) atoms. The van der Waals surface area contributed by atoms with E-state index in [1.165, 1.54) is 61.5 Å². The average Bonchev–Trinajstić information content (AvgIpc) is 3.16. The molecule has 14 rings (SSSR count). The minimum atomic E-state index is -0.252. The van der Waals surface area contributed by atoms with Gasteiger partial charge in [-0.3, -0.25) is 9.55 Å². The summed E-state index contributed by atoms with van der Waals surface area (Å²) < 4.78 is 9.23.